The molecule has 0 saturated heterocycles. The van der Waals surface area contributed by atoms with Crippen LogP contribution in [-0.4, -0.2) is 34.8 Å². The third-order valence-corrected chi connectivity index (χ3v) is 4.00. The van der Waals surface area contributed by atoms with E-state index in [2.05, 4.69) is 6.58 Å². The second kappa shape index (κ2) is 7.34. The minimum Gasteiger partial charge on any atom is -0.459 e. The molecular weight excluding hydrogens is 332 g/mol. The molecular formula is C21H36O5. The zero-order valence-corrected chi connectivity index (χ0v) is 17.9. The van der Waals surface area contributed by atoms with E-state index >= 15 is 0 Å². The second-order valence-electron chi connectivity index (χ2n) is 10.2. The van der Waals surface area contributed by atoms with E-state index < -0.39 is 34.2 Å². The lowest BCUT2D eigenvalue weighted by atomic mass is 9.84. The average molecular weight is 369 g/mol. The van der Waals surface area contributed by atoms with Crippen molar-refractivity contribution in [3.63, 3.8) is 0 Å². The van der Waals surface area contributed by atoms with Crippen LogP contribution in [0.4, 0.5) is 0 Å². The standard InChI is InChI=1S/C21H36O5/c1-11-14-12-21(16(22)25-19(5,6)7,17(23)26-20(8,9)10)13-15(14)24-18(2,3)4/h11,14-15H,1,12-13H2,2-10H3/t14-,15-/m0/s1. The highest BCUT2D eigenvalue weighted by Gasteiger charge is 2.59. The third kappa shape index (κ3) is 6.11. The Bertz CT molecular complexity index is 514. The maximum atomic E-state index is 13.1. The van der Waals surface area contributed by atoms with E-state index in [1.165, 1.54) is 0 Å². The van der Waals surface area contributed by atoms with E-state index in [9.17, 15) is 9.59 Å². The van der Waals surface area contributed by atoms with Crippen molar-refractivity contribution in [3.8, 4) is 0 Å². The van der Waals surface area contributed by atoms with Gasteiger partial charge in [0.15, 0.2) is 5.41 Å². The molecule has 1 aliphatic carbocycles. The Morgan fingerprint density at radius 2 is 1.27 bits per heavy atom. The van der Waals surface area contributed by atoms with Crippen LogP contribution in [-0.2, 0) is 23.8 Å². The molecule has 0 spiro atoms. The summed E-state index contributed by atoms with van der Waals surface area (Å²) in [4.78, 5) is 26.1. The van der Waals surface area contributed by atoms with Gasteiger partial charge in [0.1, 0.15) is 11.2 Å². The Labute approximate surface area is 158 Å². The van der Waals surface area contributed by atoms with E-state index in [0.717, 1.165) is 0 Å². The van der Waals surface area contributed by atoms with E-state index in [1.54, 1.807) is 47.6 Å². The summed E-state index contributed by atoms with van der Waals surface area (Å²) in [6.07, 6.45) is 1.96. The van der Waals surface area contributed by atoms with Crippen LogP contribution in [0.5, 0.6) is 0 Å². The highest BCUT2D eigenvalue weighted by molar-refractivity contribution is 6.01. The summed E-state index contributed by atoms with van der Waals surface area (Å²) in [7, 11) is 0. The lowest BCUT2D eigenvalue weighted by Gasteiger charge is -2.32. The topological polar surface area (TPSA) is 61.8 Å². The van der Waals surface area contributed by atoms with Crippen molar-refractivity contribution in [1.29, 1.82) is 0 Å². The number of rotatable bonds is 4. The third-order valence-electron chi connectivity index (χ3n) is 4.00. The Balaban J connectivity index is 3.27. The zero-order valence-electron chi connectivity index (χ0n) is 17.9. The largest absolute Gasteiger partial charge is 0.459 e. The van der Waals surface area contributed by atoms with Gasteiger partial charge in [-0.05, 0) is 68.7 Å². The number of ether oxygens (including phenoxy) is 3. The maximum Gasteiger partial charge on any atom is 0.324 e. The van der Waals surface area contributed by atoms with Crippen LogP contribution in [0.2, 0.25) is 0 Å². The highest BCUT2D eigenvalue weighted by atomic mass is 16.6. The summed E-state index contributed by atoms with van der Waals surface area (Å²) in [5, 5.41) is 0. The van der Waals surface area contributed by atoms with Crippen molar-refractivity contribution in [3.05, 3.63) is 12.7 Å². The van der Waals surface area contributed by atoms with Crippen molar-refractivity contribution in [1.82, 2.24) is 0 Å². The van der Waals surface area contributed by atoms with Crippen molar-refractivity contribution in [2.45, 2.75) is 98.1 Å². The molecule has 1 saturated carbocycles. The molecule has 26 heavy (non-hydrogen) atoms. The van der Waals surface area contributed by atoms with Gasteiger partial charge in [-0.3, -0.25) is 9.59 Å². The molecule has 5 nitrogen and oxygen atoms in total. The van der Waals surface area contributed by atoms with Crippen molar-refractivity contribution >= 4 is 11.9 Å². The van der Waals surface area contributed by atoms with Gasteiger partial charge < -0.3 is 14.2 Å². The normalized spacial score (nSPS) is 23.4. The van der Waals surface area contributed by atoms with Crippen LogP contribution < -0.4 is 0 Å². The van der Waals surface area contributed by atoms with Gasteiger partial charge >= 0.3 is 11.9 Å². The van der Waals surface area contributed by atoms with Crippen LogP contribution in [0.1, 0.15) is 75.2 Å². The average Bonchev–Trinajstić information content (AvgIpc) is 2.72. The number of carbonyl (C=O) groups is 2. The molecule has 5 heteroatoms. The van der Waals surface area contributed by atoms with Gasteiger partial charge in [0.2, 0.25) is 0 Å². The molecule has 1 aliphatic rings. The van der Waals surface area contributed by atoms with Gasteiger partial charge in [-0.15, -0.1) is 6.58 Å². The molecule has 0 amide bonds. The van der Waals surface area contributed by atoms with Crippen LogP contribution in [0.15, 0.2) is 12.7 Å². The van der Waals surface area contributed by atoms with E-state index in [-0.39, 0.29) is 24.9 Å². The quantitative estimate of drug-likeness (QED) is 0.417. The molecule has 0 N–H and O–H groups in total. The van der Waals surface area contributed by atoms with Gasteiger partial charge in [-0.2, -0.15) is 0 Å². The van der Waals surface area contributed by atoms with Gasteiger partial charge in [0.25, 0.3) is 0 Å². The van der Waals surface area contributed by atoms with Crippen molar-refractivity contribution < 1.29 is 23.8 Å². The fourth-order valence-electron chi connectivity index (χ4n) is 3.10. The Morgan fingerprint density at radius 3 is 1.58 bits per heavy atom. The Hall–Kier alpha value is -1.36. The summed E-state index contributed by atoms with van der Waals surface area (Å²) >= 11 is 0. The van der Waals surface area contributed by atoms with Crippen LogP contribution in [0, 0.1) is 11.3 Å². The minimum atomic E-state index is -1.38. The number of hydrogen-bond donors (Lipinski definition) is 0. The van der Waals surface area contributed by atoms with Gasteiger partial charge in [0.05, 0.1) is 11.7 Å². The first kappa shape index (κ1) is 22.7. The first-order valence-electron chi connectivity index (χ1n) is 9.26. The summed E-state index contributed by atoms with van der Waals surface area (Å²) < 4.78 is 17.3. The summed E-state index contributed by atoms with van der Waals surface area (Å²) in [6, 6.07) is 0. The summed E-state index contributed by atoms with van der Waals surface area (Å²) in [5.41, 5.74) is -3.17. The molecule has 1 rings (SSSR count). The monoisotopic (exact) mass is 368 g/mol. The van der Waals surface area contributed by atoms with Crippen molar-refractivity contribution in [2.24, 2.45) is 11.3 Å². The predicted molar refractivity (Wildman–Crippen MR) is 102 cm³/mol. The summed E-state index contributed by atoms with van der Waals surface area (Å²) in [6.45, 7) is 20.5. The fraction of sp³-hybridized carbons (Fsp3) is 0.810. The lowest BCUT2D eigenvalue weighted by Crippen LogP contribution is -2.45. The van der Waals surface area contributed by atoms with Gasteiger partial charge in [-0.25, -0.2) is 0 Å². The smallest absolute Gasteiger partial charge is 0.324 e. The molecule has 0 unspecified atom stereocenters. The first-order chi connectivity index (χ1) is 11.5. The highest BCUT2D eigenvalue weighted by Crippen LogP contribution is 2.48. The maximum absolute atomic E-state index is 13.1. The zero-order chi connectivity index (χ0) is 20.6. The molecule has 1 fully saturated rings. The van der Waals surface area contributed by atoms with Gasteiger partial charge in [0, 0.05) is 12.3 Å². The predicted octanol–water partition coefficient (Wildman–Crippen LogP) is 4.44. The van der Waals surface area contributed by atoms with E-state index in [4.69, 9.17) is 14.2 Å². The Kier molecular flexibility index (Phi) is 6.40. The lowest BCUT2D eigenvalue weighted by molar-refractivity contribution is -0.186. The van der Waals surface area contributed by atoms with Crippen LogP contribution in [0.3, 0.4) is 0 Å². The molecule has 0 bridgehead atoms. The van der Waals surface area contributed by atoms with E-state index in [0.29, 0.717) is 0 Å². The first-order valence-corrected chi connectivity index (χ1v) is 9.26. The summed E-state index contributed by atoms with van der Waals surface area (Å²) in [5.74, 6) is -1.23. The molecule has 0 aromatic rings. The second-order valence-corrected chi connectivity index (χ2v) is 10.2. The Morgan fingerprint density at radius 1 is 0.846 bits per heavy atom. The molecule has 0 radical (unpaired) electrons. The van der Waals surface area contributed by atoms with Crippen LogP contribution >= 0.6 is 0 Å². The molecule has 0 aromatic heterocycles. The SMILES string of the molecule is C=C[C@H]1CC(C(=O)OC(C)(C)C)(C(=O)OC(C)(C)C)C[C@@H]1OC(C)(C)C. The number of hydrogen-bond acceptors (Lipinski definition) is 5. The van der Waals surface area contributed by atoms with Crippen molar-refractivity contribution in [2.75, 3.05) is 0 Å². The molecule has 2 atom stereocenters. The molecule has 0 aromatic carbocycles. The van der Waals surface area contributed by atoms with Crippen LogP contribution in [0.25, 0.3) is 0 Å². The molecule has 150 valence electrons. The molecule has 0 heterocycles. The number of carbonyl (C=O) groups excluding carboxylic acids is 2. The number of esters is 2. The fourth-order valence-corrected chi connectivity index (χ4v) is 3.10. The van der Waals surface area contributed by atoms with Gasteiger partial charge in [-0.1, -0.05) is 6.08 Å². The molecule has 0 aliphatic heterocycles. The minimum absolute atomic E-state index is 0.130. The van der Waals surface area contributed by atoms with E-state index in [1.807, 2.05) is 20.8 Å².